The molecule has 0 amide bonds. The van der Waals surface area contributed by atoms with Crippen molar-refractivity contribution in [2.45, 2.75) is 46.2 Å². The molecule has 0 saturated carbocycles. The summed E-state index contributed by atoms with van der Waals surface area (Å²) in [6.45, 7) is 7.35. The summed E-state index contributed by atoms with van der Waals surface area (Å²) in [5.41, 5.74) is 9.60. The number of nitrogens with two attached hydrogens (primary N) is 1. The van der Waals surface area contributed by atoms with Gasteiger partial charge in [0.2, 0.25) is 0 Å². The number of anilines is 1. The maximum absolute atomic E-state index is 6.33. The van der Waals surface area contributed by atoms with Crippen LogP contribution in [0.25, 0.3) is 10.2 Å². The van der Waals surface area contributed by atoms with Crippen molar-refractivity contribution in [1.29, 1.82) is 0 Å². The minimum atomic E-state index is 0.185. The number of aromatic nitrogens is 1. The third kappa shape index (κ3) is 4.53. The Hall–Kier alpha value is -1.14. The van der Waals surface area contributed by atoms with E-state index < -0.39 is 0 Å². The monoisotopic (exact) mass is 393 g/mol. The highest BCUT2D eigenvalue weighted by atomic mass is 35.5. The Kier molecular flexibility index (Phi) is 6.00. The molecule has 1 atom stereocenters. The van der Waals surface area contributed by atoms with Gasteiger partial charge in [-0.05, 0) is 42.7 Å². The number of fused-ring (bicyclic) bond motifs is 1. The van der Waals surface area contributed by atoms with E-state index in [1.165, 1.54) is 20.0 Å². The van der Waals surface area contributed by atoms with Crippen LogP contribution in [-0.2, 0) is 13.0 Å². The van der Waals surface area contributed by atoms with Crippen molar-refractivity contribution in [2.75, 3.05) is 5.32 Å². The highest BCUT2D eigenvalue weighted by Crippen LogP contribution is 2.37. The van der Waals surface area contributed by atoms with Gasteiger partial charge in [-0.2, -0.15) is 0 Å². The zero-order chi connectivity index (χ0) is 18.0. The van der Waals surface area contributed by atoms with Crippen LogP contribution in [0.1, 0.15) is 35.6 Å². The van der Waals surface area contributed by atoms with Crippen molar-refractivity contribution in [3.63, 3.8) is 0 Å². The predicted octanol–water partition coefficient (Wildman–Crippen LogP) is 5.85. The number of thiophene rings is 2. The molecule has 25 heavy (non-hydrogen) atoms. The quantitative estimate of drug-likeness (QED) is 0.495. The van der Waals surface area contributed by atoms with Gasteiger partial charge in [0.25, 0.3) is 0 Å². The summed E-state index contributed by atoms with van der Waals surface area (Å²) in [4.78, 5) is 7.18. The fourth-order valence-corrected chi connectivity index (χ4v) is 5.21. The molecular formula is C19H24ClN3S2. The van der Waals surface area contributed by atoms with E-state index in [4.69, 9.17) is 17.3 Å². The third-order valence-electron chi connectivity index (χ3n) is 4.20. The molecular weight excluding hydrogens is 370 g/mol. The van der Waals surface area contributed by atoms with E-state index in [9.17, 15) is 0 Å². The van der Waals surface area contributed by atoms with Gasteiger partial charge in [-0.25, -0.2) is 4.98 Å². The van der Waals surface area contributed by atoms with E-state index in [0.717, 1.165) is 30.6 Å². The lowest BCUT2D eigenvalue weighted by molar-refractivity contribution is 0.495. The van der Waals surface area contributed by atoms with Gasteiger partial charge in [0.15, 0.2) is 0 Å². The second kappa shape index (κ2) is 8.04. The van der Waals surface area contributed by atoms with Gasteiger partial charge in [-0.3, -0.25) is 0 Å². The highest BCUT2D eigenvalue weighted by Gasteiger charge is 2.17. The molecule has 3 N–H and O–H groups in total. The van der Waals surface area contributed by atoms with Crippen LogP contribution in [0.3, 0.4) is 0 Å². The smallest absolute Gasteiger partial charge is 0.131 e. The van der Waals surface area contributed by atoms with Gasteiger partial charge in [-0.1, -0.05) is 31.5 Å². The van der Waals surface area contributed by atoms with Crippen molar-refractivity contribution < 1.29 is 0 Å². The van der Waals surface area contributed by atoms with Crippen LogP contribution < -0.4 is 11.1 Å². The third-order valence-corrected chi connectivity index (χ3v) is 6.60. The van der Waals surface area contributed by atoms with Crippen LogP contribution in [0, 0.1) is 12.8 Å². The lowest BCUT2D eigenvalue weighted by Crippen LogP contribution is -2.24. The second-order valence-electron chi connectivity index (χ2n) is 6.85. The Bertz CT molecular complexity index is 840. The zero-order valence-corrected chi connectivity index (χ0v) is 17.2. The Morgan fingerprint density at radius 2 is 2.16 bits per heavy atom. The molecule has 3 heterocycles. The van der Waals surface area contributed by atoms with Crippen LogP contribution in [0.15, 0.2) is 23.6 Å². The van der Waals surface area contributed by atoms with Crippen LogP contribution in [0.4, 0.5) is 5.69 Å². The normalized spacial score (nSPS) is 12.9. The number of hydrogen-bond acceptors (Lipinski definition) is 5. The molecule has 0 aliphatic carbocycles. The first kappa shape index (κ1) is 18.6. The van der Waals surface area contributed by atoms with Crippen molar-refractivity contribution >= 4 is 50.2 Å². The van der Waals surface area contributed by atoms with Crippen molar-refractivity contribution in [3.8, 4) is 0 Å². The SMILES string of the molecule is Cc1c(CC(N)CC(C)C)sc2c(NCc3cccs3)cc(Cl)nc12. The summed E-state index contributed by atoms with van der Waals surface area (Å²) in [6, 6.07) is 6.31. The van der Waals surface area contributed by atoms with Crippen LogP contribution >= 0.6 is 34.3 Å². The number of rotatable bonds is 7. The summed E-state index contributed by atoms with van der Waals surface area (Å²) in [5, 5.41) is 6.14. The number of pyridine rings is 1. The average molecular weight is 394 g/mol. The van der Waals surface area contributed by atoms with E-state index in [1.807, 2.05) is 6.07 Å². The standard InChI is InChI=1S/C19H24ClN3S2/c1-11(2)7-13(21)8-16-12(3)18-19(25-16)15(9-17(20)23-18)22-10-14-5-4-6-24-14/h4-6,9,11,13H,7-8,10,21H2,1-3H3,(H,22,23). The molecule has 0 aromatic carbocycles. The van der Waals surface area contributed by atoms with Gasteiger partial charge in [0.05, 0.1) is 15.9 Å². The first-order valence-electron chi connectivity index (χ1n) is 8.54. The van der Waals surface area contributed by atoms with Crippen LogP contribution in [-0.4, -0.2) is 11.0 Å². The van der Waals surface area contributed by atoms with E-state index in [2.05, 4.69) is 48.6 Å². The molecule has 3 aromatic rings. The summed E-state index contributed by atoms with van der Waals surface area (Å²) < 4.78 is 1.17. The summed E-state index contributed by atoms with van der Waals surface area (Å²) in [6.07, 6.45) is 1.93. The predicted molar refractivity (Wildman–Crippen MR) is 112 cm³/mol. The minimum absolute atomic E-state index is 0.185. The first-order chi connectivity index (χ1) is 11.9. The number of halogens is 1. The molecule has 0 spiro atoms. The molecule has 0 aliphatic heterocycles. The number of nitrogens with one attached hydrogen (secondary N) is 1. The Morgan fingerprint density at radius 1 is 1.36 bits per heavy atom. The molecule has 3 nitrogen and oxygen atoms in total. The van der Waals surface area contributed by atoms with E-state index in [0.29, 0.717) is 11.1 Å². The maximum atomic E-state index is 6.33. The Labute approximate surface area is 162 Å². The summed E-state index contributed by atoms with van der Waals surface area (Å²) in [7, 11) is 0. The van der Waals surface area contributed by atoms with E-state index in [-0.39, 0.29) is 6.04 Å². The summed E-state index contributed by atoms with van der Waals surface area (Å²) >= 11 is 9.81. The number of nitrogens with zero attached hydrogens (tertiary/aromatic N) is 1. The molecule has 0 radical (unpaired) electrons. The maximum Gasteiger partial charge on any atom is 0.131 e. The van der Waals surface area contributed by atoms with Crippen molar-refractivity contribution in [1.82, 2.24) is 4.98 Å². The molecule has 0 bridgehead atoms. The van der Waals surface area contributed by atoms with Gasteiger partial charge in [0.1, 0.15) is 5.15 Å². The largest absolute Gasteiger partial charge is 0.379 e. The highest BCUT2D eigenvalue weighted by molar-refractivity contribution is 7.19. The van der Waals surface area contributed by atoms with Crippen LogP contribution in [0.5, 0.6) is 0 Å². The first-order valence-corrected chi connectivity index (χ1v) is 10.6. The van der Waals surface area contributed by atoms with E-state index in [1.54, 1.807) is 22.7 Å². The van der Waals surface area contributed by atoms with Gasteiger partial charge >= 0.3 is 0 Å². The van der Waals surface area contributed by atoms with Crippen molar-refractivity contribution in [2.24, 2.45) is 11.7 Å². The summed E-state index contributed by atoms with van der Waals surface area (Å²) in [5.74, 6) is 0.611. The fourth-order valence-electron chi connectivity index (χ4n) is 3.04. The van der Waals surface area contributed by atoms with Crippen molar-refractivity contribution in [3.05, 3.63) is 44.1 Å². The molecule has 3 aromatic heterocycles. The molecule has 3 rings (SSSR count). The van der Waals surface area contributed by atoms with E-state index >= 15 is 0 Å². The molecule has 6 heteroatoms. The fraction of sp³-hybridized carbons (Fsp3) is 0.421. The van der Waals surface area contributed by atoms with Crippen LogP contribution in [0.2, 0.25) is 5.15 Å². The van der Waals surface area contributed by atoms with Gasteiger partial charge in [-0.15, -0.1) is 22.7 Å². The molecule has 0 aliphatic rings. The second-order valence-corrected chi connectivity index (χ2v) is 9.37. The average Bonchev–Trinajstić information content (AvgIpc) is 3.14. The Balaban J connectivity index is 1.88. The Morgan fingerprint density at radius 3 is 2.84 bits per heavy atom. The van der Waals surface area contributed by atoms with Gasteiger partial charge in [0, 0.05) is 28.4 Å². The molecule has 0 saturated heterocycles. The molecule has 0 fully saturated rings. The lowest BCUT2D eigenvalue weighted by atomic mass is 10.0. The lowest BCUT2D eigenvalue weighted by Gasteiger charge is -2.13. The zero-order valence-electron chi connectivity index (χ0n) is 14.8. The number of aryl methyl sites for hydroxylation is 1. The molecule has 134 valence electrons. The molecule has 1 unspecified atom stereocenters. The topological polar surface area (TPSA) is 50.9 Å². The number of hydrogen-bond donors (Lipinski definition) is 2. The minimum Gasteiger partial charge on any atom is -0.379 e. The van der Waals surface area contributed by atoms with Gasteiger partial charge < -0.3 is 11.1 Å².